The number of aromatic carboxylic acids is 1. The molecule has 1 N–H and O–H groups in total. The molecule has 1 aromatic rings. The average molecular weight is 309 g/mol. The van der Waals surface area contributed by atoms with Gasteiger partial charge in [-0.2, -0.15) is 0 Å². The quantitative estimate of drug-likeness (QED) is 0.928. The van der Waals surface area contributed by atoms with Crippen molar-refractivity contribution in [2.24, 2.45) is 0 Å². The van der Waals surface area contributed by atoms with E-state index in [1.54, 1.807) is 6.92 Å². The van der Waals surface area contributed by atoms with E-state index in [4.69, 9.17) is 28.3 Å². The third kappa shape index (κ3) is 3.48. The molecule has 0 radical (unpaired) electrons. The Bertz CT molecular complexity index is 605. The summed E-state index contributed by atoms with van der Waals surface area (Å²) in [7, 11) is -3.62. The first-order valence-corrected chi connectivity index (χ1v) is 7.26. The van der Waals surface area contributed by atoms with E-state index in [0.29, 0.717) is 5.57 Å². The lowest BCUT2D eigenvalue weighted by Crippen LogP contribution is -2.09. The summed E-state index contributed by atoms with van der Waals surface area (Å²) in [4.78, 5) is 10.8. The molecule has 0 amide bonds. The van der Waals surface area contributed by atoms with Crippen LogP contribution in [0.4, 0.5) is 0 Å². The van der Waals surface area contributed by atoms with Gasteiger partial charge in [0.15, 0.2) is 9.84 Å². The van der Waals surface area contributed by atoms with Gasteiger partial charge in [-0.05, 0) is 30.7 Å². The van der Waals surface area contributed by atoms with E-state index in [0.717, 1.165) is 6.07 Å². The Balaban J connectivity index is 3.26. The van der Waals surface area contributed by atoms with Crippen LogP contribution >= 0.6 is 23.2 Å². The number of sulfone groups is 1. The third-order valence-electron chi connectivity index (χ3n) is 2.13. The molecule has 4 nitrogen and oxygen atoms in total. The highest BCUT2D eigenvalue weighted by Gasteiger charge is 2.18. The van der Waals surface area contributed by atoms with Gasteiger partial charge >= 0.3 is 5.97 Å². The zero-order chi connectivity index (χ0) is 13.9. The summed E-state index contributed by atoms with van der Waals surface area (Å²) in [6.07, 6.45) is 0. The first-order valence-electron chi connectivity index (χ1n) is 4.79. The zero-order valence-corrected chi connectivity index (χ0v) is 11.7. The fourth-order valence-corrected chi connectivity index (χ4v) is 3.07. The third-order valence-corrected chi connectivity index (χ3v) is 4.64. The maximum Gasteiger partial charge on any atom is 0.337 e. The van der Waals surface area contributed by atoms with E-state index < -0.39 is 15.8 Å². The van der Waals surface area contributed by atoms with Crippen LogP contribution in [0.1, 0.15) is 17.3 Å². The Labute approximate surface area is 115 Å². The predicted octanol–water partition coefficient (Wildman–Crippen LogP) is 2.95. The Morgan fingerprint density at radius 1 is 1.44 bits per heavy atom. The van der Waals surface area contributed by atoms with Gasteiger partial charge in [0, 0.05) is 5.54 Å². The second-order valence-corrected chi connectivity index (χ2v) is 6.28. The van der Waals surface area contributed by atoms with Crippen molar-refractivity contribution in [3.8, 4) is 0 Å². The number of carboxylic acids is 1. The first kappa shape index (κ1) is 15.0. The summed E-state index contributed by atoms with van der Waals surface area (Å²) in [6.45, 7) is 1.57. The van der Waals surface area contributed by atoms with Gasteiger partial charge in [-0.1, -0.05) is 23.2 Å². The van der Waals surface area contributed by atoms with E-state index >= 15 is 0 Å². The maximum absolute atomic E-state index is 12.0. The van der Waals surface area contributed by atoms with Crippen molar-refractivity contribution < 1.29 is 18.3 Å². The van der Waals surface area contributed by atoms with Gasteiger partial charge in [0.25, 0.3) is 0 Å². The molecular formula is C11H10Cl2O4S. The van der Waals surface area contributed by atoms with Crippen molar-refractivity contribution in [2.45, 2.75) is 11.8 Å². The molecule has 0 spiro atoms. The zero-order valence-electron chi connectivity index (χ0n) is 9.35. The lowest BCUT2D eigenvalue weighted by molar-refractivity contribution is 0.0697. The molecule has 0 aromatic heterocycles. The van der Waals surface area contributed by atoms with E-state index in [1.807, 2.05) is 0 Å². The molecule has 1 aromatic carbocycles. The highest BCUT2D eigenvalue weighted by molar-refractivity contribution is 7.91. The van der Waals surface area contributed by atoms with Crippen molar-refractivity contribution in [2.75, 3.05) is 5.75 Å². The normalized spacial score (nSPS) is 12.5. The molecule has 0 saturated heterocycles. The van der Waals surface area contributed by atoms with Crippen molar-refractivity contribution >= 4 is 39.0 Å². The molecule has 1 rings (SSSR count). The van der Waals surface area contributed by atoms with Crippen LogP contribution in [0.5, 0.6) is 0 Å². The van der Waals surface area contributed by atoms with Crippen LogP contribution in [0.25, 0.3) is 0 Å². The standard InChI is InChI=1S/C11H10Cl2O4S/c1-7(5-12)6-18(16,17)8-2-3-10(13)9(4-8)11(14)15/h2-5H,6H2,1H3,(H,14,15)/b7-5-. The highest BCUT2D eigenvalue weighted by atomic mass is 35.5. The van der Waals surface area contributed by atoms with Crippen molar-refractivity contribution in [1.82, 2.24) is 0 Å². The molecule has 0 aliphatic carbocycles. The number of halogens is 2. The number of hydrogen-bond donors (Lipinski definition) is 1. The van der Waals surface area contributed by atoms with Gasteiger partial charge < -0.3 is 5.11 Å². The molecular weight excluding hydrogens is 299 g/mol. The van der Waals surface area contributed by atoms with Crippen LogP contribution in [-0.4, -0.2) is 25.2 Å². The Morgan fingerprint density at radius 2 is 2.06 bits per heavy atom. The monoisotopic (exact) mass is 308 g/mol. The average Bonchev–Trinajstić information content (AvgIpc) is 2.28. The molecule has 98 valence electrons. The van der Waals surface area contributed by atoms with Gasteiger partial charge in [-0.15, -0.1) is 0 Å². The SMILES string of the molecule is C/C(=C/Cl)CS(=O)(=O)c1ccc(Cl)c(C(=O)O)c1. The number of carboxylic acid groups (broad SMARTS) is 1. The van der Waals surface area contributed by atoms with E-state index in [2.05, 4.69) is 0 Å². The van der Waals surface area contributed by atoms with Crippen molar-refractivity contribution in [3.05, 3.63) is 39.9 Å². The molecule has 18 heavy (non-hydrogen) atoms. The van der Waals surface area contributed by atoms with Gasteiger partial charge in [-0.25, -0.2) is 13.2 Å². The van der Waals surface area contributed by atoms with Gasteiger partial charge in [0.1, 0.15) is 0 Å². The van der Waals surface area contributed by atoms with E-state index in [1.165, 1.54) is 17.7 Å². The lowest BCUT2D eigenvalue weighted by Gasteiger charge is -2.06. The van der Waals surface area contributed by atoms with Crippen LogP contribution < -0.4 is 0 Å². The highest BCUT2D eigenvalue weighted by Crippen LogP contribution is 2.22. The minimum atomic E-state index is -3.62. The Hall–Kier alpha value is -1.04. The fourth-order valence-electron chi connectivity index (χ4n) is 1.28. The van der Waals surface area contributed by atoms with Crippen molar-refractivity contribution in [1.29, 1.82) is 0 Å². The summed E-state index contributed by atoms with van der Waals surface area (Å²) >= 11 is 11.1. The van der Waals surface area contributed by atoms with E-state index in [9.17, 15) is 13.2 Å². The van der Waals surface area contributed by atoms with Crippen LogP contribution in [0, 0.1) is 0 Å². The van der Waals surface area contributed by atoms with Crippen LogP contribution in [-0.2, 0) is 9.84 Å². The smallest absolute Gasteiger partial charge is 0.337 e. The molecule has 0 aliphatic heterocycles. The molecule has 7 heteroatoms. The molecule has 0 aliphatic rings. The van der Waals surface area contributed by atoms with E-state index in [-0.39, 0.29) is 21.2 Å². The summed E-state index contributed by atoms with van der Waals surface area (Å²) in [5, 5.41) is 8.86. The minimum Gasteiger partial charge on any atom is -0.478 e. The molecule has 0 unspecified atom stereocenters. The number of carbonyl (C=O) groups is 1. The topological polar surface area (TPSA) is 71.4 Å². The largest absolute Gasteiger partial charge is 0.478 e. The molecule has 0 atom stereocenters. The predicted molar refractivity (Wildman–Crippen MR) is 70.1 cm³/mol. The second kappa shape index (κ2) is 5.73. The second-order valence-electron chi connectivity index (χ2n) is 3.66. The van der Waals surface area contributed by atoms with Gasteiger partial charge in [0.05, 0.1) is 21.2 Å². The Morgan fingerprint density at radius 3 is 2.56 bits per heavy atom. The van der Waals surface area contributed by atoms with Crippen LogP contribution in [0.15, 0.2) is 34.2 Å². The molecule has 0 bridgehead atoms. The molecule has 0 heterocycles. The van der Waals surface area contributed by atoms with Crippen LogP contribution in [0.3, 0.4) is 0 Å². The summed E-state index contributed by atoms with van der Waals surface area (Å²) in [5.74, 6) is -1.54. The van der Waals surface area contributed by atoms with Gasteiger partial charge in [-0.3, -0.25) is 0 Å². The first-order chi connectivity index (χ1) is 8.27. The summed E-state index contributed by atoms with van der Waals surface area (Å²) < 4.78 is 23.9. The van der Waals surface area contributed by atoms with Crippen LogP contribution in [0.2, 0.25) is 5.02 Å². The lowest BCUT2D eigenvalue weighted by atomic mass is 10.2. The Kier molecular flexibility index (Phi) is 4.78. The summed E-state index contributed by atoms with van der Waals surface area (Å²) in [6, 6.07) is 3.56. The number of hydrogen-bond acceptors (Lipinski definition) is 3. The van der Waals surface area contributed by atoms with Gasteiger partial charge in [0.2, 0.25) is 0 Å². The number of benzene rings is 1. The molecule has 0 saturated carbocycles. The molecule has 0 fully saturated rings. The summed E-state index contributed by atoms with van der Waals surface area (Å²) in [5.41, 5.74) is 1.39. The maximum atomic E-state index is 12.0. The van der Waals surface area contributed by atoms with Crippen molar-refractivity contribution in [3.63, 3.8) is 0 Å². The minimum absolute atomic E-state index is 0.00828. The number of rotatable bonds is 4. The fraction of sp³-hybridized carbons (Fsp3) is 0.182.